The molecule has 1 rings (SSSR count). The molecule has 0 N–H and O–H groups in total. The molecule has 1 aliphatic carbocycles. The SMILES string of the molecule is COC(=O)C(C)N(C)CC1CCCC1. The van der Waals surface area contributed by atoms with E-state index < -0.39 is 0 Å². The summed E-state index contributed by atoms with van der Waals surface area (Å²) in [4.78, 5) is 13.4. The molecule has 1 aliphatic rings. The maximum Gasteiger partial charge on any atom is 0.322 e. The lowest BCUT2D eigenvalue weighted by Crippen LogP contribution is -2.39. The van der Waals surface area contributed by atoms with E-state index in [1.165, 1.54) is 32.8 Å². The molecule has 0 aromatic carbocycles. The first-order valence-electron chi connectivity index (χ1n) is 5.43. The van der Waals surface area contributed by atoms with Crippen LogP contribution in [-0.4, -0.2) is 37.6 Å². The molecule has 1 saturated carbocycles. The van der Waals surface area contributed by atoms with Crippen molar-refractivity contribution in [1.82, 2.24) is 4.90 Å². The quantitative estimate of drug-likeness (QED) is 0.645. The molecule has 0 heterocycles. The second-order valence-electron chi connectivity index (χ2n) is 4.29. The topological polar surface area (TPSA) is 29.5 Å². The second kappa shape index (κ2) is 5.35. The molecule has 0 aromatic heterocycles. The van der Waals surface area contributed by atoms with Crippen molar-refractivity contribution in [3.8, 4) is 0 Å². The van der Waals surface area contributed by atoms with E-state index in [-0.39, 0.29) is 12.0 Å². The van der Waals surface area contributed by atoms with Crippen molar-refractivity contribution >= 4 is 5.97 Å². The molecule has 3 nitrogen and oxygen atoms in total. The van der Waals surface area contributed by atoms with Crippen molar-refractivity contribution in [1.29, 1.82) is 0 Å². The number of hydrogen-bond acceptors (Lipinski definition) is 3. The number of carbonyl (C=O) groups excluding carboxylic acids is 1. The van der Waals surface area contributed by atoms with E-state index in [0.717, 1.165) is 12.5 Å². The van der Waals surface area contributed by atoms with Gasteiger partial charge in [0, 0.05) is 6.54 Å². The van der Waals surface area contributed by atoms with Crippen molar-refractivity contribution in [2.24, 2.45) is 5.92 Å². The Bertz CT molecular complexity index is 188. The fraction of sp³-hybridized carbons (Fsp3) is 0.909. The summed E-state index contributed by atoms with van der Waals surface area (Å²) in [5.74, 6) is 0.651. The van der Waals surface area contributed by atoms with Gasteiger partial charge in [0.15, 0.2) is 0 Å². The highest BCUT2D eigenvalue weighted by Gasteiger charge is 2.23. The van der Waals surface area contributed by atoms with Crippen molar-refractivity contribution in [3.63, 3.8) is 0 Å². The average molecular weight is 199 g/mol. The van der Waals surface area contributed by atoms with Crippen molar-refractivity contribution in [3.05, 3.63) is 0 Å². The first-order chi connectivity index (χ1) is 6.65. The first-order valence-corrected chi connectivity index (χ1v) is 5.43. The van der Waals surface area contributed by atoms with Crippen LogP contribution in [0.2, 0.25) is 0 Å². The molecule has 0 aromatic rings. The molecule has 0 amide bonds. The van der Waals surface area contributed by atoms with Gasteiger partial charge in [-0.1, -0.05) is 12.8 Å². The third kappa shape index (κ3) is 2.98. The Morgan fingerprint density at radius 2 is 2.07 bits per heavy atom. The van der Waals surface area contributed by atoms with E-state index in [2.05, 4.69) is 4.90 Å². The molecule has 1 atom stereocenters. The summed E-state index contributed by atoms with van der Waals surface area (Å²) in [7, 11) is 3.45. The van der Waals surface area contributed by atoms with Gasteiger partial charge in [-0.15, -0.1) is 0 Å². The van der Waals surface area contributed by atoms with Crippen LogP contribution in [0.3, 0.4) is 0 Å². The number of methoxy groups -OCH3 is 1. The van der Waals surface area contributed by atoms with Gasteiger partial charge in [0.2, 0.25) is 0 Å². The minimum Gasteiger partial charge on any atom is -0.468 e. The van der Waals surface area contributed by atoms with Crippen LogP contribution in [0, 0.1) is 5.92 Å². The standard InChI is InChI=1S/C11H21NO2/c1-9(11(13)14-3)12(2)8-10-6-4-5-7-10/h9-10H,4-8H2,1-3H3. The van der Waals surface area contributed by atoms with Gasteiger partial charge in [0.25, 0.3) is 0 Å². The average Bonchev–Trinajstić information content (AvgIpc) is 2.68. The number of hydrogen-bond donors (Lipinski definition) is 0. The molecule has 0 radical (unpaired) electrons. The van der Waals surface area contributed by atoms with Gasteiger partial charge in [-0.05, 0) is 32.7 Å². The number of carbonyl (C=O) groups is 1. The number of esters is 1. The molecule has 82 valence electrons. The monoisotopic (exact) mass is 199 g/mol. The third-order valence-electron chi connectivity index (χ3n) is 3.22. The third-order valence-corrected chi connectivity index (χ3v) is 3.22. The molecule has 1 fully saturated rings. The maximum absolute atomic E-state index is 11.3. The van der Waals surface area contributed by atoms with Crippen LogP contribution < -0.4 is 0 Å². The minimum atomic E-state index is -0.134. The van der Waals surface area contributed by atoms with Crippen LogP contribution in [0.15, 0.2) is 0 Å². The minimum absolute atomic E-state index is 0.111. The second-order valence-corrected chi connectivity index (χ2v) is 4.29. The Balaban J connectivity index is 2.32. The zero-order chi connectivity index (χ0) is 10.6. The summed E-state index contributed by atoms with van der Waals surface area (Å²) in [5, 5.41) is 0. The van der Waals surface area contributed by atoms with Gasteiger partial charge in [0.05, 0.1) is 7.11 Å². The summed E-state index contributed by atoms with van der Waals surface area (Å²) in [6.07, 6.45) is 5.34. The van der Waals surface area contributed by atoms with Gasteiger partial charge in [0.1, 0.15) is 6.04 Å². The van der Waals surface area contributed by atoms with Crippen molar-refractivity contribution in [2.75, 3.05) is 20.7 Å². The number of likely N-dealkylation sites (N-methyl/N-ethyl adjacent to an activating group) is 1. The van der Waals surface area contributed by atoms with Crippen LogP contribution >= 0.6 is 0 Å². The molecule has 0 spiro atoms. The predicted octanol–water partition coefficient (Wildman–Crippen LogP) is 1.67. The lowest BCUT2D eigenvalue weighted by molar-refractivity contribution is -0.145. The Kier molecular flexibility index (Phi) is 4.39. The van der Waals surface area contributed by atoms with Crippen molar-refractivity contribution < 1.29 is 9.53 Å². The first kappa shape index (κ1) is 11.5. The van der Waals surface area contributed by atoms with Gasteiger partial charge in [-0.3, -0.25) is 9.69 Å². The van der Waals surface area contributed by atoms with Crippen LogP contribution in [0.5, 0.6) is 0 Å². The van der Waals surface area contributed by atoms with Crippen molar-refractivity contribution in [2.45, 2.75) is 38.6 Å². The van der Waals surface area contributed by atoms with Gasteiger partial charge in [-0.2, -0.15) is 0 Å². The highest BCUT2D eigenvalue weighted by Crippen LogP contribution is 2.25. The van der Waals surface area contributed by atoms with Crippen LogP contribution in [-0.2, 0) is 9.53 Å². The van der Waals surface area contributed by atoms with Crippen LogP contribution in [0.1, 0.15) is 32.6 Å². The van der Waals surface area contributed by atoms with Gasteiger partial charge >= 0.3 is 5.97 Å². The van der Waals surface area contributed by atoms with Gasteiger partial charge < -0.3 is 4.74 Å². The van der Waals surface area contributed by atoms with Crippen LogP contribution in [0.4, 0.5) is 0 Å². The Hall–Kier alpha value is -0.570. The highest BCUT2D eigenvalue weighted by atomic mass is 16.5. The molecular formula is C11H21NO2. The van der Waals surface area contributed by atoms with E-state index in [1.54, 1.807) is 0 Å². The Morgan fingerprint density at radius 1 is 1.50 bits per heavy atom. The molecule has 1 unspecified atom stereocenters. The van der Waals surface area contributed by atoms with E-state index in [1.807, 2.05) is 14.0 Å². The molecule has 14 heavy (non-hydrogen) atoms. The van der Waals surface area contributed by atoms with E-state index in [9.17, 15) is 4.79 Å². The predicted molar refractivity (Wildman–Crippen MR) is 56.1 cm³/mol. The largest absolute Gasteiger partial charge is 0.468 e. The smallest absolute Gasteiger partial charge is 0.322 e. The zero-order valence-corrected chi connectivity index (χ0v) is 9.45. The summed E-state index contributed by atoms with van der Waals surface area (Å²) in [6, 6.07) is -0.111. The number of rotatable bonds is 4. The normalized spacial score (nSPS) is 20.0. The number of nitrogens with zero attached hydrogens (tertiary/aromatic N) is 1. The van der Waals surface area contributed by atoms with Gasteiger partial charge in [-0.25, -0.2) is 0 Å². The van der Waals surface area contributed by atoms with E-state index in [4.69, 9.17) is 4.74 Å². The van der Waals surface area contributed by atoms with E-state index >= 15 is 0 Å². The fourth-order valence-corrected chi connectivity index (χ4v) is 2.11. The highest BCUT2D eigenvalue weighted by molar-refractivity contribution is 5.75. The Labute approximate surface area is 86.4 Å². The van der Waals surface area contributed by atoms with Crippen LogP contribution in [0.25, 0.3) is 0 Å². The lowest BCUT2D eigenvalue weighted by atomic mass is 10.1. The number of ether oxygens (including phenoxy) is 1. The summed E-state index contributed by atoms with van der Waals surface area (Å²) < 4.78 is 4.72. The summed E-state index contributed by atoms with van der Waals surface area (Å²) >= 11 is 0. The molecule has 0 aliphatic heterocycles. The maximum atomic E-state index is 11.3. The summed E-state index contributed by atoms with van der Waals surface area (Å²) in [5.41, 5.74) is 0. The lowest BCUT2D eigenvalue weighted by Gasteiger charge is -2.25. The summed E-state index contributed by atoms with van der Waals surface area (Å²) in [6.45, 7) is 2.93. The molecule has 3 heteroatoms. The molecule has 0 bridgehead atoms. The fourth-order valence-electron chi connectivity index (χ4n) is 2.11. The molecule has 0 saturated heterocycles. The van der Waals surface area contributed by atoms with E-state index in [0.29, 0.717) is 0 Å². The zero-order valence-electron chi connectivity index (χ0n) is 9.45. The molecular weight excluding hydrogens is 178 g/mol. The Morgan fingerprint density at radius 3 is 2.57 bits per heavy atom.